The quantitative estimate of drug-likeness (QED) is 0.788. The van der Waals surface area contributed by atoms with Gasteiger partial charge in [-0.3, -0.25) is 4.79 Å². The fraction of sp³-hybridized carbons (Fsp3) is 0.500. The van der Waals surface area contributed by atoms with E-state index >= 15 is 0 Å². The van der Waals surface area contributed by atoms with Gasteiger partial charge in [0.25, 0.3) is 5.91 Å². The van der Waals surface area contributed by atoms with Gasteiger partial charge in [0.2, 0.25) is 0 Å². The average Bonchev–Trinajstić information content (AvgIpc) is 2.84. The van der Waals surface area contributed by atoms with Crippen LogP contribution in [0.3, 0.4) is 0 Å². The highest BCUT2D eigenvalue weighted by molar-refractivity contribution is 7.10. The van der Waals surface area contributed by atoms with E-state index in [1.165, 1.54) is 11.3 Å². The van der Waals surface area contributed by atoms with Gasteiger partial charge >= 0.3 is 0 Å². The lowest BCUT2D eigenvalue weighted by molar-refractivity contribution is -0.0370. The van der Waals surface area contributed by atoms with Crippen molar-refractivity contribution < 1.29 is 9.53 Å². The molecule has 0 unspecified atom stereocenters. The lowest BCUT2D eigenvalue weighted by Gasteiger charge is -2.42. The molecule has 19 heavy (non-hydrogen) atoms. The van der Waals surface area contributed by atoms with Crippen LogP contribution in [0.4, 0.5) is 0 Å². The maximum absolute atomic E-state index is 12.5. The van der Waals surface area contributed by atoms with Crippen LogP contribution in [0, 0.1) is 11.8 Å². The van der Waals surface area contributed by atoms with Crippen LogP contribution in [-0.4, -0.2) is 42.6 Å². The molecule has 2 heterocycles. The topological polar surface area (TPSA) is 55.6 Å². The summed E-state index contributed by atoms with van der Waals surface area (Å²) in [5.74, 6) is 5.79. The van der Waals surface area contributed by atoms with Gasteiger partial charge in [-0.15, -0.1) is 11.3 Å². The van der Waals surface area contributed by atoms with E-state index in [1.807, 2.05) is 30.2 Å². The first-order valence-corrected chi connectivity index (χ1v) is 7.10. The lowest BCUT2D eigenvalue weighted by Crippen LogP contribution is -2.55. The zero-order valence-corrected chi connectivity index (χ0v) is 12.0. The Kier molecular flexibility index (Phi) is 4.25. The molecule has 0 bridgehead atoms. The first-order chi connectivity index (χ1) is 9.04. The molecule has 2 rings (SSSR count). The number of hydrogen-bond donors (Lipinski definition) is 1. The summed E-state index contributed by atoms with van der Waals surface area (Å²) in [6, 6.07) is 1.83. The Morgan fingerprint density at radius 1 is 1.63 bits per heavy atom. The number of carbonyl (C=O) groups excluding carboxylic acids is 1. The normalized spacial score (nSPS) is 17.7. The number of amides is 1. The van der Waals surface area contributed by atoms with Crippen molar-refractivity contribution in [2.24, 2.45) is 5.73 Å². The van der Waals surface area contributed by atoms with E-state index in [4.69, 9.17) is 10.5 Å². The minimum atomic E-state index is -0.264. The van der Waals surface area contributed by atoms with E-state index < -0.39 is 0 Å². The molecule has 1 aliphatic rings. The van der Waals surface area contributed by atoms with E-state index in [2.05, 4.69) is 11.8 Å². The van der Waals surface area contributed by atoms with E-state index in [0.717, 1.165) is 4.88 Å². The van der Waals surface area contributed by atoms with Crippen LogP contribution in [0.2, 0.25) is 0 Å². The SMILES string of the molecule is CC1(C)COCCN1C(=O)c1csc(C#CCN)c1. The van der Waals surface area contributed by atoms with Crippen molar-refractivity contribution in [3.05, 3.63) is 21.9 Å². The van der Waals surface area contributed by atoms with Crippen LogP contribution in [0.5, 0.6) is 0 Å². The predicted octanol–water partition coefficient (Wildman–Crippen LogP) is 1.31. The van der Waals surface area contributed by atoms with Crippen molar-refractivity contribution in [3.63, 3.8) is 0 Å². The molecular weight excluding hydrogens is 260 g/mol. The minimum absolute atomic E-state index is 0.0466. The molecule has 0 aromatic carbocycles. The molecule has 0 aliphatic carbocycles. The highest BCUT2D eigenvalue weighted by Crippen LogP contribution is 2.23. The lowest BCUT2D eigenvalue weighted by atomic mass is 10.0. The smallest absolute Gasteiger partial charge is 0.255 e. The maximum Gasteiger partial charge on any atom is 0.255 e. The summed E-state index contributed by atoms with van der Waals surface area (Å²) in [6.07, 6.45) is 0. The van der Waals surface area contributed by atoms with Crippen LogP contribution >= 0.6 is 11.3 Å². The van der Waals surface area contributed by atoms with Crippen molar-refractivity contribution in [3.8, 4) is 11.8 Å². The third kappa shape index (κ3) is 3.16. The maximum atomic E-state index is 12.5. The average molecular weight is 278 g/mol. The number of ether oxygens (including phenoxy) is 1. The van der Waals surface area contributed by atoms with E-state index in [0.29, 0.717) is 31.9 Å². The Morgan fingerprint density at radius 2 is 2.42 bits per heavy atom. The molecule has 0 spiro atoms. The molecule has 0 atom stereocenters. The van der Waals surface area contributed by atoms with Gasteiger partial charge < -0.3 is 15.4 Å². The van der Waals surface area contributed by atoms with Gasteiger partial charge in [-0.25, -0.2) is 0 Å². The monoisotopic (exact) mass is 278 g/mol. The van der Waals surface area contributed by atoms with Gasteiger partial charge in [-0.1, -0.05) is 11.8 Å². The number of morpholine rings is 1. The predicted molar refractivity (Wildman–Crippen MR) is 76.2 cm³/mol. The molecule has 1 saturated heterocycles. The number of rotatable bonds is 1. The van der Waals surface area contributed by atoms with Gasteiger partial charge in [-0.2, -0.15) is 0 Å². The molecule has 0 radical (unpaired) electrons. The van der Waals surface area contributed by atoms with E-state index in [-0.39, 0.29) is 11.4 Å². The second-order valence-corrected chi connectivity index (χ2v) is 5.94. The number of thiophene rings is 1. The summed E-state index contributed by atoms with van der Waals surface area (Å²) in [6.45, 7) is 6.17. The zero-order valence-electron chi connectivity index (χ0n) is 11.2. The molecule has 4 nitrogen and oxygen atoms in total. The summed E-state index contributed by atoms with van der Waals surface area (Å²) in [5, 5.41) is 1.86. The summed E-state index contributed by atoms with van der Waals surface area (Å²) in [4.78, 5) is 15.3. The second-order valence-electron chi connectivity index (χ2n) is 5.03. The molecule has 1 amide bonds. The highest BCUT2D eigenvalue weighted by atomic mass is 32.1. The molecule has 1 aromatic rings. The first-order valence-electron chi connectivity index (χ1n) is 6.22. The number of nitrogens with two attached hydrogens (primary N) is 1. The minimum Gasteiger partial charge on any atom is -0.377 e. The Bertz CT molecular complexity index is 525. The van der Waals surface area contributed by atoms with Crippen molar-refractivity contribution in [1.82, 2.24) is 4.90 Å². The number of hydrogen-bond acceptors (Lipinski definition) is 4. The number of carbonyl (C=O) groups is 1. The van der Waals surface area contributed by atoms with Gasteiger partial charge in [0.15, 0.2) is 0 Å². The first kappa shape index (κ1) is 14.1. The summed E-state index contributed by atoms with van der Waals surface area (Å²) >= 11 is 1.47. The fourth-order valence-electron chi connectivity index (χ4n) is 2.04. The molecule has 0 saturated carbocycles. The Labute approximate surface area is 117 Å². The summed E-state index contributed by atoms with van der Waals surface area (Å²) < 4.78 is 5.43. The zero-order chi connectivity index (χ0) is 13.9. The largest absolute Gasteiger partial charge is 0.377 e. The van der Waals surface area contributed by atoms with Crippen LogP contribution in [0.1, 0.15) is 29.1 Å². The molecule has 1 fully saturated rings. The van der Waals surface area contributed by atoms with Crippen molar-refractivity contribution >= 4 is 17.2 Å². The molecular formula is C14H18N2O2S. The standard InChI is InChI=1S/C14H18N2O2S/c1-14(2)10-18-7-6-16(14)13(17)11-8-12(19-9-11)4-3-5-15/h8-9H,5-7,10,15H2,1-2H3. The van der Waals surface area contributed by atoms with Gasteiger partial charge in [0.1, 0.15) is 0 Å². The second kappa shape index (κ2) is 5.74. The fourth-order valence-corrected chi connectivity index (χ4v) is 2.79. The van der Waals surface area contributed by atoms with Crippen LogP contribution < -0.4 is 5.73 Å². The van der Waals surface area contributed by atoms with Crippen molar-refractivity contribution in [2.75, 3.05) is 26.3 Å². The Balaban J connectivity index is 2.17. The highest BCUT2D eigenvalue weighted by Gasteiger charge is 2.34. The summed E-state index contributed by atoms with van der Waals surface area (Å²) in [5.41, 5.74) is 5.77. The van der Waals surface area contributed by atoms with E-state index in [1.54, 1.807) is 0 Å². The van der Waals surface area contributed by atoms with Gasteiger partial charge in [0, 0.05) is 11.9 Å². The van der Waals surface area contributed by atoms with Gasteiger partial charge in [0.05, 0.1) is 35.7 Å². The van der Waals surface area contributed by atoms with Gasteiger partial charge in [-0.05, 0) is 19.9 Å². The van der Waals surface area contributed by atoms with Crippen LogP contribution in [0.15, 0.2) is 11.4 Å². The van der Waals surface area contributed by atoms with E-state index in [9.17, 15) is 4.79 Å². The molecule has 1 aliphatic heterocycles. The number of nitrogens with zero attached hydrogens (tertiary/aromatic N) is 1. The third-order valence-electron chi connectivity index (χ3n) is 3.05. The third-order valence-corrected chi connectivity index (χ3v) is 3.90. The Morgan fingerprint density at radius 3 is 3.11 bits per heavy atom. The van der Waals surface area contributed by atoms with Crippen molar-refractivity contribution in [1.29, 1.82) is 0 Å². The molecule has 5 heteroatoms. The molecule has 2 N–H and O–H groups in total. The van der Waals surface area contributed by atoms with Crippen molar-refractivity contribution in [2.45, 2.75) is 19.4 Å². The summed E-state index contributed by atoms with van der Waals surface area (Å²) in [7, 11) is 0. The molecule has 1 aromatic heterocycles. The van der Waals surface area contributed by atoms with Crippen LogP contribution in [-0.2, 0) is 4.74 Å². The van der Waals surface area contributed by atoms with Crippen LogP contribution in [0.25, 0.3) is 0 Å². The Hall–Kier alpha value is -1.35. The molecule has 102 valence electrons.